The Morgan fingerprint density at radius 2 is 2.14 bits per heavy atom. The van der Waals surface area contributed by atoms with Crippen LogP contribution >= 0.6 is 11.3 Å². The van der Waals surface area contributed by atoms with E-state index in [4.69, 9.17) is 0 Å². The molecular formula is C13H20F3N3OS. The normalized spacial score (nSPS) is 11.7. The number of hydrogen-bond donors (Lipinski definition) is 1. The standard InChI is InChI=1S/C13H20F3N3OS/c1-3-19(10(2)20)12-18-11(9-21-12)8-17-7-5-4-6-13(14,15)16/h9,17H,3-8H2,1-2H3. The van der Waals surface area contributed by atoms with Crippen LogP contribution < -0.4 is 10.2 Å². The summed E-state index contributed by atoms with van der Waals surface area (Å²) in [5.74, 6) is -0.0569. The van der Waals surface area contributed by atoms with Gasteiger partial charge in [0.25, 0.3) is 0 Å². The Labute approximate surface area is 126 Å². The molecule has 1 aromatic heterocycles. The van der Waals surface area contributed by atoms with Crippen molar-refractivity contribution in [2.24, 2.45) is 0 Å². The largest absolute Gasteiger partial charge is 0.389 e. The van der Waals surface area contributed by atoms with Gasteiger partial charge >= 0.3 is 6.18 Å². The summed E-state index contributed by atoms with van der Waals surface area (Å²) in [6.07, 6.45) is -4.20. The van der Waals surface area contributed by atoms with Crippen LogP contribution in [0.1, 0.15) is 38.8 Å². The van der Waals surface area contributed by atoms with E-state index in [1.807, 2.05) is 12.3 Å². The number of halogens is 3. The fraction of sp³-hybridized carbons (Fsp3) is 0.692. The Hall–Kier alpha value is -1.15. The highest BCUT2D eigenvalue weighted by molar-refractivity contribution is 7.14. The lowest BCUT2D eigenvalue weighted by Gasteiger charge is -2.14. The van der Waals surface area contributed by atoms with Crippen molar-refractivity contribution < 1.29 is 18.0 Å². The van der Waals surface area contributed by atoms with Gasteiger partial charge in [0, 0.05) is 31.8 Å². The molecular weight excluding hydrogens is 303 g/mol. The SMILES string of the molecule is CCN(C(C)=O)c1nc(CNCCCCC(F)(F)F)cs1. The van der Waals surface area contributed by atoms with Crippen LogP contribution in [-0.4, -0.2) is 30.2 Å². The zero-order valence-electron chi connectivity index (χ0n) is 12.2. The summed E-state index contributed by atoms with van der Waals surface area (Å²) in [4.78, 5) is 17.3. The molecule has 8 heteroatoms. The van der Waals surface area contributed by atoms with Crippen LogP contribution in [0.3, 0.4) is 0 Å². The molecule has 0 saturated heterocycles. The summed E-state index contributed by atoms with van der Waals surface area (Å²) < 4.78 is 35.8. The van der Waals surface area contributed by atoms with Gasteiger partial charge < -0.3 is 5.32 Å². The van der Waals surface area contributed by atoms with E-state index >= 15 is 0 Å². The van der Waals surface area contributed by atoms with Crippen molar-refractivity contribution in [3.05, 3.63) is 11.1 Å². The minimum atomic E-state index is -4.07. The lowest BCUT2D eigenvalue weighted by Crippen LogP contribution is -2.27. The molecule has 0 spiro atoms. The van der Waals surface area contributed by atoms with E-state index < -0.39 is 12.6 Å². The summed E-state index contributed by atoms with van der Waals surface area (Å²) in [5, 5.41) is 5.56. The minimum Gasteiger partial charge on any atom is -0.311 e. The van der Waals surface area contributed by atoms with E-state index in [2.05, 4.69) is 10.3 Å². The minimum absolute atomic E-state index is 0.0569. The Balaban J connectivity index is 2.28. The number of hydrogen-bond acceptors (Lipinski definition) is 4. The summed E-state index contributed by atoms with van der Waals surface area (Å²) >= 11 is 1.39. The third-order valence-electron chi connectivity index (χ3n) is 2.84. The number of thiazole rings is 1. The molecule has 0 aliphatic heterocycles. The van der Waals surface area contributed by atoms with Gasteiger partial charge in [-0.05, 0) is 26.3 Å². The molecule has 0 aromatic carbocycles. The number of carbonyl (C=O) groups excluding carboxylic acids is 1. The van der Waals surface area contributed by atoms with Gasteiger partial charge in [0.1, 0.15) is 0 Å². The van der Waals surface area contributed by atoms with Crippen molar-refractivity contribution in [2.45, 2.75) is 45.8 Å². The lowest BCUT2D eigenvalue weighted by atomic mass is 10.2. The van der Waals surface area contributed by atoms with Crippen LogP contribution in [0.25, 0.3) is 0 Å². The first-order chi connectivity index (χ1) is 9.83. The van der Waals surface area contributed by atoms with Crippen molar-refractivity contribution >= 4 is 22.4 Å². The third kappa shape index (κ3) is 6.90. The predicted molar refractivity (Wildman–Crippen MR) is 77.4 cm³/mol. The molecule has 0 bridgehead atoms. The molecule has 120 valence electrons. The molecule has 1 rings (SSSR count). The first kappa shape index (κ1) is 17.9. The van der Waals surface area contributed by atoms with E-state index in [1.54, 1.807) is 4.90 Å². The van der Waals surface area contributed by atoms with Gasteiger partial charge in [-0.25, -0.2) is 4.98 Å². The maximum absolute atomic E-state index is 11.9. The molecule has 4 nitrogen and oxygen atoms in total. The van der Waals surface area contributed by atoms with Crippen LogP contribution in [0, 0.1) is 0 Å². The third-order valence-corrected chi connectivity index (χ3v) is 3.75. The second kappa shape index (κ2) is 8.33. The second-order valence-corrected chi connectivity index (χ2v) is 5.47. The molecule has 0 aliphatic carbocycles. The van der Waals surface area contributed by atoms with Gasteiger partial charge in [0.2, 0.25) is 5.91 Å². The Bertz CT molecular complexity index is 448. The maximum atomic E-state index is 11.9. The van der Waals surface area contributed by atoms with Crippen LogP contribution in [0.5, 0.6) is 0 Å². The molecule has 1 amide bonds. The fourth-order valence-electron chi connectivity index (χ4n) is 1.79. The molecule has 0 unspecified atom stereocenters. The van der Waals surface area contributed by atoms with Gasteiger partial charge in [-0.1, -0.05) is 0 Å². The number of unbranched alkanes of at least 4 members (excludes halogenated alkanes) is 1. The lowest BCUT2D eigenvalue weighted by molar-refractivity contribution is -0.135. The molecule has 0 saturated carbocycles. The van der Waals surface area contributed by atoms with E-state index in [0.717, 1.165) is 5.69 Å². The van der Waals surface area contributed by atoms with E-state index in [0.29, 0.717) is 31.2 Å². The maximum Gasteiger partial charge on any atom is 0.389 e. The Kier molecular flexibility index (Phi) is 7.10. The molecule has 1 N–H and O–H groups in total. The van der Waals surface area contributed by atoms with Gasteiger partial charge in [-0.15, -0.1) is 11.3 Å². The van der Waals surface area contributed by atoms with Crippen LogP contribution in [0.4, 0.5) is 18.3 Å². The number of rotatable bonds is 8. The zero-order chi connectivity index (χ0) is 15.9. The topological polar surface area (TPSA) is 45.2 Å². The Morgan fingerprint density at radius 1 is 1.43 bits per heavy atom. The van der Waals surface area contributed by atoms with Gasteiger partial charge in [-0.3, -0.25) is 9.69 Å². The van der Waals surface area contributed by atoms with Crippen molar-refractivity contribution in [1.82, 2.24) is 10.3 Å². The van der Waals surface area contributed by atoms with Crippen LogP contribution in [-0.2, 0) is 11.3 Å². The summed E-state index contributed by atoms with van der Waals surface area (Å²) in [7, 11) is 0. The van der Waals surface area contributed by atoms with E-state index in [1.165, 1.54) is 18.3 Å². The molecule has 21 heavy (non-hydrogen) atoms. The number of anilines is 1. The van der Waals surface area contributed by atoms with Crippen LogP contribution in [0.15, 0.2) is 5.38 Å². The Morgan fingerprint density at radius 3 is 2.71 bits per heavy atom. The van der Waals surface area contributed by atoms with Crippen molar-refractivity contribution in [1.29, 1.82) is 0 Å². The molecule has 1 aromatic rings. The number of carbonyl (C=O) groups is 1. The van der Waals surface area contributed by atoms with Crippen molar-refractivity contribution in [3.8, 4) is 0 Å². The molecule has 0 radical (unpaired) electrons. The fourth-order valence-corrected chi connectivity index (χ4v) is 2.72. The van der Waals surface area contributed by atoms with Gasteiger partial charge in [0.05, 0.1) is 5.69 Å². The smallest absolute Gasteiger partial charge is 0.311 e. The highest BCUT2D eigenvalue weighted by Crippen LogP contribution is 2.22. The highest BCUT2D eigenvalue weighted by atomic mass is 32.1. The van der Waals surface area contributed by atoms with Crippen molar-refractivity contribution in [3.63, 3.8) is 0 Å². The molecule has 0 aliphatic rings. The van der Waals surface area contributed by atoms with Crippen molar-refractivity contribution in [2.75, 3.05) is 18.0 Å². The first-order valence-electron chi connectivity index (χ1n) is 6.83. The number of nitrogens with zero attached hydrogens (tertiary/aromatic N) is 2. The summed E-state index contributed by atoms with van der Waals surface area (Å²) in [6, 6.07) is 0. The summed E-state index contributed by atoms with van der Waals surface area (Å²) in [5.41, 5.74) is 0.797. The zero-order valence-corrected chi connectivity index (χ0v) is 13.0. The molecule has 1 heterocycles. The summed E-state index contributed by atoms with van der Waals surface area (Å²) in [6.45, 7) is 4.95. The molecule has 0 fully saturated rings. The average molecular weight is 323 g/mol. The predicted octanol–water partition coefficient (Wildman–Crippen LogP) is 3.34. The van der Waals surface area contributed by atoms with E-state index in [-0.39, 0.29) is 12.3 Å². The first-order valence-corrected chi connectivity index (χ1v) is 7.71. The van der Waals surface area contributed by atoms with E-state index in [9.17, 15) is 18.0 Å². The number of nitrogens with one attached hydrogen (secondary N) is 1. The molecule has 0 atom stereocenters. The highest BCUT2D eigenvalue weighted by Gasteiger charge is 2.25. The number of alkyl halides is 3. The van der Waals surface area contributed by atoms with Gasteiger partial charge in [0.15, 0.2) is 5.13 Å². The number of amides is 1. The quantitative estimate of drug-likeness (QED) is 0.746. The van der Waals surface area contributed by atoms with Crippen LogP contribution in [0.2, 0.25) is 0 Å². The monoisotopic (exact) mass is 323 g/mol. The second-order valence-electron chi connectivity index (χ2n) is 4.63. The van der Waals surface area contributed by atoms with Gasteiger partial charge in [-0.2, -0.15) is 13.2 Å². The number of aromatic nitrogens is 1. The average Bonchev–Trinajstić information content (AvgIpc) is 2.81.